The summed E-state index contributed by atoms with van der Waals surface area (Å²) in [7, 11) is 0. The number of nitrogens with zero attached hydrogens (tertiary/aromatic N) is 1. The quantitative estimate of drug-likeness (QED) is 0.361. The van der Waals surface area contributed by atoms with E-state index in [9.17, 15) is 14.9 Å². The molecule has 150 valence electrons. The van der Waals surface area contributed by atoms with Crippen molar-refractivity contribution in [1.82, 2.24) is 0 Å². The molecule has 1 N–H and O–H groups in total. The maximum Gasteiger partial charge on any atom is 0.324 e. The Morgan fingerprint density at radius 2 is 1.62 bits per heavy atom. The predicted octanol–water partition coefficient (Wildman–Crippen LogP) is 6.39. The summed E-state index contributed by atoms with van der Waals surface area (Å²) in [5.41, 5.74) is 1.97. The summed E-state index contributed by atoms with van der Waals surface area (Å²) >= 11 is 0.842. The first-order valence-electron chi connectivity index (χ1n) is 9.22. The fraction of sp³-hybridized carbons (Fsp3) is 0.227. The number of thiophene rings is 1. The van der Waals surface area contributed by atoms with Gasteiger partial charge in [0.25, 0.3) is 5.91 Å². The molecule has 0 fully saturated rings. The maximum absolute atomic E-state index is 12.2. The van der Waals surface area contributed by atoms with Crippen LogP contribution in [0.2, 0.25) is 0 Å². The van der Waals surface area contributed by atoms with Crippen LogP contribution < -0.4 is 10.1 Å². The van der Waals surface area contributed by atoms with Gasteiger partial charge in [0.15, 0.2) is 0 Å². The SMILES string of the molecule is CCC(C)(C)c1ccc(Oc2ccc(NC(=O)c3ccc([N+](=O)[O-])s3)cc2)cc1. The van der Waals surface area contributed by atoms with Crippen LogP contribution in [0, 0.1) is 10.1 Å². The molecule has 3 aromatic rings. The van der Waals surface area contributed by atoms with Crippen molar-refractivity contribution in [2.45, 2.75) is 32.6 Å². The molecule has 0 aliphatic heterocycles. The molecule has 1 aromatic heterocycles. The number of hydrogen-bond acceptors (Lipinski definition) is 5. The van der Waals surface area contributed by atoms with Crippen molar-refractivity contribution in [2.75, 3.05) is 5.32 Å². The fourth-order valence-electron chi connectivity index (χ4n) is 2.66. The van der Waals surface area contributed by atoms with Gasteiger partial charge < -0.3 is 10.1 Å². The number of nitrogens with one attached hydrogen (secondary N) is 1. The highest BCUT2D eigenvalue weighted by Gasteiger charge is 2.18. The van der Waals surface area contributed by atoms with Gasteiger partial charge in [0.1, 0.15) is 11.5 Å². The van der Waals surface area contributed by atoms with Crippen LogP contribution in [0.3, 0.4) is 0 Å². The third kappa shape index (κ3) is 5.00. The molecule has 0 atom stereocenters. The second-order valence-corrected chi connectivity index (χ2v) is 8.30. The van der Waals surface area contributed by atoms with Gasteiger partial charge in [-0.2, -0.15) is 0 Å². The summed E-state index contributed by atoms with van der Waals surface area (Å²) in [6.07, 6.45) is 1.05. The summed E-state index contributed by atoms with van der Waals surface area (Å²) in [6.45, 7) is 6.60. The first kappa shape index (κ1) is 20.5. The summed E-state index contributed by atoms with van der Waals surface area (Å²) in [5, 5.41) is 13.4. The molecule has 0 spiro atoms. The Morgan fingerprint density at radius 1 is 1.03 bits per heavy atom. The van der Waals surface area contributed by atoms with Gasteiger partial charge in [-0.15, -0.1) is 0 Å². The van der Waals surface area contributed by atoms with Gasteiger partial charge >= 0.3 is 5.00 Å². The van der Waals surface area contributed by atoms with Crippen LogP contribution in [-0.2, 0) is 5.41 Å². The van der Waals surface area contributed by atoms with Gasteiger partial charge in [-0.05, 0) is 59.9 Å². The van der Waals surface area contributed by atoms with E-state index < -0.39 is 4.92 Å². The van der Waals surface area contributed by atoms with E-state index in [-0.39, 0.29) is 21.2 Å². The monoisotopic (exact) mass is 410 g/mol. The zero-order valence-electron chi connectivity index (χ0n) is 16.5. The first-order valence-corrected chi connectivity index (χ1v) is 10.0. The van der Waals surface area contributed by atoms with Crippen molar-refractivity contribution < 1.29 is 14.5 Å². The van der Waals surface area contributed by atoms with E-state index in [0.29, 0.717) is 11.4 Å². The van der Waals surface area contributed by atoms with Crippen LogP contribution in [0.5, 0.6) is 11.5 Å². The normalized spacial score (nSPS) is 11.1. The van der Waals surface area contributed by atoms with Gasteiger partial charge in [-0.3, -0.25) is 14.9 Å². The summed E-state index contributed by atoms with van der Waals surface area (Å²) in [6, 6.07) is 17.8. The Kier molecular flexibility index (Phi) is 5.98. The van der Waals surface area contributed by atoms with Crippen molar-refractivity contribution in [3.05, 3.63) is 81.2 Å². The van der Waals surface area contributed by atoms with Crippen molar-refractivity contribution in [3.8, 4) is 11.5 Å². The van der Waals surface area contributed by atoms with Crippen LogP contribution in [0.15, 0.2) is 60.7 Å². The molecule has 2 aromatic carbocycles. The average molecular weight is 410 g/mol. The van der Waals surface area contributed by atoms with E-state index >= 15 is 0 Å². The van der Waals surface area contributed by atoms with E-state index in [1.54, 1.807) is 24.3 Å². The fourth-order valence-corrected chi connectivity index (χ4v) is 3.38. The zero-order valence-corrected chi connectivity index (χ0v) is 17.3. The smallest absolute Gasteiger partial charge is 0.324 e. The molecular formula is C22H22N2O4S. The molecule has 3 rings (SSSR count). The van der Waals surface area contributed by atoms with Crippen LogP contribution in [0.4, 0.5) is 10.7 Å². The minimum atomic E-state index is -0.511. The molecule has 0 aliphatic carbocycles. The van der Waals surface area contributed by atoms with Crippen molar-refractivity contribution in [1.29, 1.82) is 0 Å². The van der Waals surface area contributed by atoms with Crippen LogP contribution >= 0.6 is 11.3 Å². The molecule has 0 unspecified atom stereocenters. The lowest BCUT2D eigenvalue weighted by molar-refractivity contribution is -0.380. The summed E-state index contributed by atoms with van der Waals surface area (Å²) in [5.74, 6) is 1.01. The molecule has 0 saturated carbocycles. The van der Waals surface area contributed by atoms with Crippen LogP contribution in [-0.4, -0.2) is 10.8 Å². The highest BCUT2D eigenvalue weighted by molar-refractivity contribution is 7.17. The number of amides is 1. The number of hydrogen-bond donors (Lipinski definition) is 1. The van der Waals surface area contributed by atoms with E-state index in [0.717, 1.165) is 23.5 Å². The molecule has 29 heavy (non-hydrogen) atoms. The molecule has 0 saturated heterocycles. The number of carbonyl (C=O) groups excluding carboxylic acids is 1. The first-order chi connectivity index (χ1) is 13.8. The Labute approximate surface area is 173 Å². The maximum atomic E-state index is 12.2. The Bertz CT molecular complexity index is 1010. The number of benzene rings is 2. The van der Waals surface area contributed by atoms with E-state index in [4.69, 9.17) is 4.74 Å². The number of rotatable bonds is 7. The summed E-state index contributed by atoms with van der Waals surface area (Å²) < 4.78 is 5.87. The van der Waals surface area contributed by atoms with Crippen LogP contribution in [0.1, 0.15) is 42.4 Å². The molecule has 1 amide bonds. The van der Waals surface area contributed by atoms with E-state index in [1.165, 1.54) is 17.7 Å². The minimum absolute atomic E-state index is 0.0627. The zero-order chi connectivity index (χ0) is 21.0. The predicted molar refractivity (Wildman–Crippen MR) is 115 cm³/mol. The van der Waals surface area contributed by atoms with Gasteiger partial charge in [-0.25, -0.2) is 0 Å². The third-order valence-electron chi connectivity index (χ3n) is 4.86. The summed E-state index contributed by atoms with van der Waals surface area (Å²) in [4.78, 5) is 22.7. The number of anilines is 1. The van der Waals surface area contributed by atoms with E-state index in [2.05, 4.69) is 38.2 Å². The molecule has 1 heterocycles. The molecule has 0 aliphatic rings. The minimum Gasteiger partial charge on any atom is -0.457 e. The molecule has 0 radical (unpaired) electrons. The molecule has 7 heteroatoms. The second kappa shape index (κ2) is 8.45. The largest absolute Gasteiger partial charge is 0.457 e. The van der Waals surface area contributed by atoms with Gasteiger partial charge in [-0.1, -0.05) is 44.2 Å². The number of carbonyl (C=O) groups is 1. The van der Waals surface area contributed by atoms with E-state index in [1.807, 2.05) is 12.1 Å². The average Bonchev–Trinajstić information content (AvgIpc) is 3.21. The molecule has 0 bridgehead atoms. The van der Waals surface area contributed by atoms with Crippen molar-refractivity contribution >= 4 is 27.9 Å². The van der Waals surface area contributed by atoms with Crippen molar-refractivity contribution in [2.24, 2.45) is 0 Å². The highest BCUT2D eigenvalue weighted by Crippen LogP contribution is 2.30. The van der Waals surface area contributed by atoms with Gasteiger partial charge in [0.05, 0.1) is 9.80 Å². The van der Waals surface area contributed by atoms with Gasteiger partial charge in [0.2, 0.25) is 0 Å². The highest BCUT2D eigenvalue weighted by atomic mass is 32.1. The van der Waals surface area contributed by atoms with Crippen molar-refractivity contribution in [3.63, 3.8) is 0 Å². The second-order valence-electron chi connectivity index (χ2n) is 7.24. The van der Waals surface area contributed by atoms with Crippen LogP contribution in [0.25, 0.3) is 0 Å². The lowest BCUT2D eigenvalue weighted by Crippen LogP contribution is -2.14. The molecule has 6 nitrogen and oxygen atoms in total. The lowest BCUT2D eigenvalue weighted by Gasteiger charge is -2.23. The Balaban J connectivity index is 1.62. The Hall–Kier alpha value is -3.19. The third-order valence-corrected chi connectivity index (χ3v) is 5.90. The topological polar surface area (TPSA) is 81.5 Å². The standard InChI is InChI=1S/C22H22N2O4S/c1-4-22(2,3)15-5-9-17(10-6-15)28-18-11-7-16(8-12-18)23-21(25)19-13-14-20(29-19)24(26)27/h5-14H,4H2,1-3H3,(H,23,25). The van der Waals surface area contributed by atoms with Gasteiger partial charge in [0, 0.05) is 11.8 Å². The number of nitro groups is 1. The Morgan fingerprint density at radius 3 is 2.14 bits per heavy atom. The number of ether oxygens (including phenoxy) is 1. The molecular weight excluding hydrogens is 388 g/mol. The lowest BCUT2D eigenvalue weighted by atomic mass is 9.82.